The van der Waals surface area contributed by atoms with E-state index >= 15 is 0 Å². The Kier molecular flexibility index (Phi) is 3.69. The second kappa shape index (κ2) is 5.06. The van der Waals surface area contributed by atoms with Gasteiger partial charge in [-0.15, -0.1) is 11.3 Å². The van der Waals surface area contributed by atoms with Crippen LogP contribution in [0.4, 0.5) is 10.1 Å². The largest absolute Gasteiger partial charge is 0.505 e. The highest BCUT2D eigenvalue weighted by Crippen LogP contribution is 2.31. The van der Waals surface area contributed by atoms with Crippen molar-refractivity contribution in [3.8, 4) is 5.75 Å². The van der Waals surface area contributed by atoms with Gasteiger partial charge < -0.3 is 10.4 Å². The number of phenolic OH excluding ortho intramolecular Hbond substituents is 1. The molecule has 1 unspecified atom stereocenters. The lowest BCUT2D eigenvalue weighted by Gasteiger charge is -2.14. The minimum absolute atomic E-state index is 0.0771. The van der Waals surface area contributed by atoms with Crippen LogP contribution in [0, 0.1) is 5.82 Å². The summed E-state index contributed by atoms with van der Waals surface area (Å²) in [5, 5.41) is 14.3. The molecule has 0 fully saturated rings. The molecule has 17 heavy (non-hydrogen) atoms. The van der Waals surface area contributed by atoms with Gasteiger partial charge in [0.1, 0.15) is 0 Å². The van der Waals surface area contributed by atoms with Crippen molar-refractivity contribution in [3.05, 3.63) is 44.8 Å². The van der Waals surface area contributed by atoms with Crippen molar-refractivity contribution in [2.75, 3.05) is 5.32 Å². The van der Waals surface area contributed by atoms with Crippen LogP contribution in [-0.4, -0.2) is 5.11 Å². The van der Waals surface area contributed by atoms with E-state index < -0.39 is 5.82 Å². The van der Waals surface area contributed by atoms with E-state index in [2.05, 4.69) is 21.2 Å². The molecule has 2 nitrogen and oxygen atoms in total. The maximum absolute atomic E-state index is 13.2. The minimum Gasteiger partial charge on any atom is -0.505 e. The molecule has 0 saturated heterocycles. The summed E-state index contributed by atoms with van der Waals surface area (Å²) < 4.78 is 14.2. The lowest BCUT2D eigenvalue weighted by molar-refractivity contribution is 0.432. The smallest absolute Gasteiger partial charge is 0.166 e. The van der Waals surface area contributed by atoms with E-state index in [0.717, 1.165) is 9.35 Å². The number of aromatic hydroxyl groups is 1. The molecular weight excluding hydrogens is 305 g/mol. The van der Waals surface area contributed by atoms with Crippen LogP contribution in [0.2, 0.25) is 0 Å². The number of anilines is 1. The number of benzene rings is 1. The van der Waals surface area contributed by atoms with Gasteiger partial charge in [-0.05, 0) is 46.4 Å². The molecule has 0 aliphatic rings. The Bertz CT molecular complexity index is 529. The third-order valence-corrected chi connectivity index (χ3v) is 4.42. The number of nitrogens with one attached hydrogen (secondary N) is 1. The fourth-order valence-corrected chi connectivity index (χ4v) is 3.25. The van der Waals surface area contributed by atoms with Crippen LogP contribution >= 0.6 is 27.3 Å². The lowest BCUT2D eigenvalue weighted by Crippen LogP contribution is -2.05. The summed E-state index contributed by atoms with van der Waals surface area (Å²) in [6.07, 6.45) is 0. The van der Waals surface area contributed by atoms with E-state index in [1.807, 2.05) is 18.4 Å². The zero-order valence-corrected chi connectivity index (χ0v) is 11.5. The second-order valence-electron chi connectivity index (χ2n) is 3.67. The average Bonchev–Trinajstić information content (AvgIpc) is 2.70. The van der Waals surface area contributed by atoms with Crippen molar-refractivity contribution in [2.45, 2.75) is 13.0 Å². The van der Waals surface area contributed by atoms with E-state index in [1.54, 1.807) is 17.4 Å². The van der Waals surface area contributed by atoms with Crippen molar-refractivity contribution in [1.29, 1.82) is 0 Å². The Morgan fingerprint density at radius 3 is 2.76 bits per heavy atom. The first kappa shape index (κ1) is 12.4. The summed E-state index contributed by atoms with van der Waals surface area (Å²) in [5.74, 6) is -0.951. The predicted octanol–water partition coefficient (Wildman–Crippen LogP) is 4.53. The standard InChI is InChI=1S/C12H11BrFNOS/c1-7(12-9(13)4-5-17-12)15-8-2-3-11(16)10(14)6-8/h2-7,15-16H,1H3. The quantitative estimate of drug-likeness (QED) is 0.816. The molecule has 0 radical (unpaired) electrons. The number of thiophene rings is 1. The fraction of sp³-hybridized carbons (Fsp3) is 0.167. The first-order chi connectivity index (χ1) is 8.08. The monoisotopic (exact) mass is 315 g/mol. The van der Waals surface area contributed by atoms with Gasteiger partial charge >= 0.3 is 0 Å². The number of hydrogen-bond acceptors (Lipinski definition) is 3. The Morgan fingerprint density at radius 1 is 1.41 bits per heavy atom. The van der Waals surface area contributed by atoms with Crippen molar-refractivity contribution < 1.29 is 9.50 Å². The third-order valence-electron chi connectivity index (χ3n) is 2.37. The SMILES string of the molecule is CC(Nc1ccc(O)c(F)c1)c1sccc1Br. The van der Waals surface area contributed by atoms with Gasteiger partial charge in [0.25, 0.3) is 0 Å². The third kappa shape index (κ3) is 2.79. The number of rotatable bonds is 3. The molecule has 0 aliphatic heterocycles. The summed E-state index contributed by atoms with van der Waals surface area (Å²) in [7, 11) is 0. The van der Waals surface area contributed by atoms with Crippen LogP contribution in [0.25, 0.3) is 0 Å². The van der Waals surface area contributed by atoms with E-state index in [0.29, 0.717) is 5.69 Å². The molecule has 1 aromatic heterocycles. The summed E-state index contributed by atoms with van der Waals surface area (Å²) in [6.45, 7) is 2.00. The predicted molar refractivity (Wildman–Crippen MR) is 72.1 cm³/mol. The Balaban J connectivity index is 2.16. The topological polar surface area (TPSA) is 32.3 Å². The molecule has 1 aromatic carbocycles. The summed E-state index contributed by atoms with van der Waals surface area (Å²) in [5.41, 5.74) is 0.646. The Morgan fingerprint density at radius 2 is 2.18 bits per heavy atom. The van der Waals surface area contributed by atoms with Crippen LogP contribution in [0.3, 0.4) is 0 Å². The van der Waals surface area contributed by atoms with E-state index in [9.17, 15) is 4.39 Å². The van der Waals surface area contributed by atoms with E-state index in [-0.39, 0.29) is 11.8 Å². The van der Waals surface area contributed by atoms with Crippen LogP contribution in [-0.2, 0) is 0 Å². The molecule has 2 rings (SSSR count). The molecule has 0 saturated carbocycles. The highest BCUT2D eigenvalue weighted by atomic mass is 79.9. The van der Waals surface area contributed by atoms with Gasteiger partial charge in [-0.2, -0.15) is 0 Å². The normalized spacial score (nSPS) is 12.4. The molecule has 90 valence electrons. The summed E-state index contributed by atoms with van der Waals surface area (Å²) >= 11 is 5.09. The van der Waals surface area contributed by atoms with Crippen LogP contribution in [0.1, 0.15) is 17.8 Å². The number of hydrogen-bond donors (Lipinski definition) is 2. The van der Waals surface area contributed by atoms with Crippen molar-refractivity contribution in [1.82, 2.24) is 0 Å². The van der Waals surface area contributed by atoms with Gasteiger partial charge in [0, 0.05) is 21.1 Å². The number of phenols is 1. The van der Waals surface area contributed by atoms with Crippen molar-refractivity contribution in [2.24, 2.45) is 0 Å². The molecule has 1 heterocycles. The molecule has 5 heteroatoms. The maximum Gasteiger partial charge on any atom is 0.166 e. The van der Waals surface area contributed by atoms with Crippen LogP contribution < -0.4 is 5.32 Å². The highest BCUT2D eigenvalue weighted by Gasteiger charge is 2.11. The van der Waals surface area contributed by atoms with E-state index in [4.69, 9.17) is 5.11 Å². The minimum atomic E-state index is -0.618. The highest BCUT2D eigenvalue weighted by molar-refractivity contribution is 9.10. The molecule has 2 N–H and O–H groups in total. The Labute approximate surface area is 111 Å². The van der Waals surface area contributed by atoms with Crippen LogP contribution in [0.5, 0.6) is 5.75 Å². The second-order valence-corrected chi connectivity index (χ2v) is 5.47. The molecular formula is C12H11BrFNOS. The zero-order valence-electron chi connectivity index (χ0n) is 9.08. The summed E-state index contributed by atoms with van der Waals surface area (Å²) in [6, 6.07) is 6.33. The fourth-order valence-electron chi connectivity index (χ4n) is 1.53. The summed E-state index contributed by atoms with van der Waals surface area (Å²) in [4.78, 5) is 1.15. The molecule has 0 amide bonds. The molecule has 0 spiro atoms. The van der Waals surface area contributed by atoms with Gasteiger partial charge in [-0.25, -0.2) is 4.39 Å². The zero-order chi connectivity index (χ0) is 12.4. The lowest BCUT2D eigenvalue weighted by atomic mass is 10.2. The average molecular weight is 316 g/mol. The van der Waals surface area contributed by atoms with Gasteiger partial charge in [0.05, 0.1) is 6.04 Å². The van der Waals surface area contributed by atoms with E-state index in [1.165, 1.54) is 12.1 Å². The molecule has 0 aliphatic carbocycles. The van der Waals surface area contributed by atoms with Gasteiger partial charge in [0.2, 0.25) is 0 Å². The first-order valence-corrected chi connectivity index (χ1v) is 6.73. The van der Waals surface area contributed by atoms with Crippen molar-refractivity contribution >= 4 is 33.0 Å². The maximum atomic E-state index is 13.2. The first-order valence-electron chi connectivity index (χ1n) is 5.06. The Hall–Kier alpha value is -1.07. The van der Waals surface area contributed by atoms with Gasteiger partial charge in [-0.1, -0.05) is 0 Å². The molecule has 1 atom stereocenters. The van der Waals surface area contributed by atoms with Gasteiger partial charge in [-0.3, -0.25) is 0 Å². The molecule has 0 bridgehead atoms. The number of halogens is 2. The van der Waals surface area contributed by atoms with Crippen molar-refractivity contribution in [3.63, 3.8) is 0 Å². The van der Waals surface area contributed by atoms with Crippen LogP contribution in [0.15, 0.2) is 34.1 Å². The molecule has 2 aromatic rings. The van der Waals surface area contributed by atoms with Gasteiger partial charge in [0.15, 0.2) is 11.6 Å².